The maximum absolute atomic E-state index is 4.95. The van der Waals surface area contributed by atoms with Crippen molar-refractivity contribution < 1.29 is 0 Å². The van der Waals surface area contributed by atoms with E-state index in [2.05, 4.69) is 69.0 Å². The molecule has 2 aromatic rings. The van der Waals surface area contributed by atoms with E-state index in [-0.39, 0.29) is 0 Å². The molecule has 0 amide bonds. The van der Waals surface area contributed by atoms with Gasteiger partial charge in [0, 0.05) is 20.2 Å². The van der Waals surface area contributed by atoms with Crippen molar-refractivity contribution in [2.75, 3.05) is 13.1 Å². The van der Waals surface area contributed by atoms with Gasteiger partial charge < -0.3 is 5.32 Å². The quantitative estimate of drug-likeness (QED) is 0.563. The highest BCUT2D eigenvalue weighted by atomic mass is 127. The molecule has 1 aromatic heterocycles. The predicted octanol–water partition coefficient (Wildman–Crippen LogP) is 4.99. The number of aryl methyl sites for hydroxylation is 3. The van der Waals surface area contributed by atoms with E-state index in [9.17, 15) is 0 Å². The van der Waals surface area contributed by atoms with Crippen molar-refractivity contribution in [3.63, 3.8) is 0 Å². The number of rotatable bonds is 1. The van der Waals surface area contributed by atoms with Gasteiger partial charge in [-0.15, -0.1) is 0 Å². The number of aromatic nitrogens is 1. The van der Waals surface area contributed by atoms with Crippen LogP contribution in [-0.2, 0) is 12.8 Å². The van der Waals surface area contributed by atoms with Crippen LogP contribution in [0.5, 0.6) is 0 Å². The number of hydrogen-bond donors (Lipinski definition) is 1. The van der Waals surface area contributed by atoms with Crippen molar-refractivity contribution in [1.29, 1.82) is 0 Å². The van der Waals surface area contributed by atoms with E-state index in [1.807, 2.05) is 6.20 Å². The summed E-state index contributed by atoms with van der Waals surface area (Å²) in [6.07, 6.45) is 6.73. The Kier molecular flexibility index (Phi) is 4.98. The van der Waals surface area contributed by atoms with Gasteiger partial charge in [0.2, 0.25) is 0 Å². The van der Waals surface area contributed by atoms with Crippen molar-refractivity contribution in [2.24, 2.45) is 5.92 Å². The third-order valence-electron chi connectivity index (χ3n) is 5.45. The lowest BCUT2D eigenvalue weighted by Crippen LogP contribution is -2.32. The Labute approximate surface area is 166 Å². The highest BCUT2D eigenvalue weighted by molar-refractivity contribution is 14.1. The van der Waals surface area contributed by atoms with Crippen molar-refractivity contribution in [2.45, 2.75) is 38.5 Å². The summed E-state index contributed by atoms with van der Waals surface area (Å²) in [5.41, 5.74) is 7.13. The first-order valence-corrected chi connectivity index (χ1v) is 10.6. The average molecular weight is 497 g/mol. The molecule has 4 heteroatoms. The Balaban J connectivity index is 1.91. The molecule has 2 heterocycles. The Morgan fingerprint density at radius 3 is 2.67 bits per heavy atom. The zero-order chi connectivity index (χ0) is 16.7. The third kappa shape index (κ3) is 3.17. The summed E-state index contributed by atoms with van der Waals surface area (Å²) in [5, 5.41) is 3.52. The second kappa shape index (κ2) is 7.04. The largest absolute Gasteiger partial charge is 0.317 e. The van der Waals surface area contributed by atoms with Gasteiger partial charge >= 0.3 is 0 Å². The first-order valence-electron chi connectivity index (χ1n) is 8.77. The van der Waals surface area contributed by atoms with Crippen LogP contribution < -0.4 is 5.32 Å². The van der Waals surface area contributed by atoms with E-state index < -0.39 is 0 Å². The number of fused-ring (bicyclic) bond motifs is 2. The van der Waals surface area contributed by atoms with E-state index in [1.165, 1.54) is 48.8 Å². The first kappa shape index (κ1) is 17.0. The maximum Gasteiger partial charge on any atom is 0.0514 e. The third-order valence-corrected chi connectivity index (χ3v) is 6.70. The van der Waals surface area contributed by atoms with Crippen molar-refractivity contribution in [3.8, 4) is 0 Å². The van der Waals surface area contributed by atoms with Crippen molar-refractivity contribution in [1.82, 2.24) is 10.3 Å². The number of pyridine rings is 1. The molecule has 2 nitrogen and oxygen atoms in total. The highest BCUT2D eigenvalue weighted by Gasteiger charge is 2.34. The summed E-state index contributed by atoms with van der Waals surface area (Å²) in [6.45, 7) is 4.45. The number of nitrogens with zero attached hydrogens (tertiary/aromatic N) is 1. The minimum atomic E-state index is 0.423. The first-order chi connectivity index (χ1) is 11.6. The van der Waals surface area contributed by atoms with Crippen LogP contribution >= 0.6 is 38.5 Å². The molecule has 1 aliphatic carbocycles. The van der Waals surface area contributed by atoms with Crippen LogP contribution in [0.1, 0.15) is 46.7 Å². The fraction of sp³-hybridized carbons (Fsp3) is 0.450. The van der Waals surface area contributed by atoms with Gasteiger partial charge in [0.15, 0.2) is 0 Å². The molecule has 0 unspecified atom stereocenters. The smallest absolute Gasteiger partial charge is 0.0514 e. The summed E-state index contributed by atoms with van der Waals surface area (Å²) >= 11 is 6.29. The van der Waals surface area contributed by atoms with Crippen LogP contribution in [0.25, 0.3) is 0 Å². The molecule has 1 saturated heterocycles. The molecule has 0 saturated carbocycles. The van der Waals surface area contributed by atoms with Crippen LogP contribution in [0, 0.1) is 16.4 Å². The monoisotopic (exact) mass is 496 g/mol. The van der Waals surface area contributed by atoms with Gasteiger partial charge in [-0.3, -0.25) is 4.98 Å². The van der Waals surface area contributed by atoms with Gasteiger partial charge in [-0.2, -0.15) is 0 Å². The summed E-state index contributed by atoms with van der Waals surface area (Å²) in [5.74, 6) is 1.10. The lowest BCUT2D eigenvalue weighted by Gasteiger charge is -2.32. The molecule has 4 rings (SSSR count). The maximum atomic E-state index is 4.95. The van der Waals surface area contributed by atoms with Crippen molar-refractivity contribution in [3.05, 3.63) is 60.4 Å². The van der Waals surface area contributed by atoms with Crippen molar-refractivity contribution >= 4 is 38.5 Å². The van der Waals surface area contributed by atoms with Crippen LogP contribution in [-0.4, -0.2) is 18.1 Å². The average Bonchev–Trinajstić information content (AvgIpc) is 2.72. The lowest BCUT2D eigenvalue weighted by molar-refractivity contribution is 0.338. The number of hydrogen-bond acceptors (Lipinski definition) is 2. The number of halogens is 2. The molecule has 0 bridgehead atoms. The molecule has 1 atom stereocenters. The Morgan fingerprint density at radius 1 is 1.12 bits per heavy atom. The molecule has 1 fully saturated rings. The van der Waals surface area contributed by atoms with E-state index in [1.54, 1.807) is 0 Å². The second-order valence-corrected chi connectivity index (χ2v) is 9.18. The van der Waals surface area contributed by atoms with E-state index in [0.717, 1.165) is 25.9 Å². The van der Waals surface area contributed by atoms with Crippen LogP contribution in [0.15, 0.2) is 28.9 Å². The molecule has 1 aromatic carbocycles. The summed E-state index contributed by atoms with van der Waals surface area (Å²) < 4.78 is 2.52. The van der Waals surface area contributed by atoms with Crippen LogP contribution in [0.2, 0.25) is 0 Å². The Morgan fingerprint density at radius 2 is 1.88 bits per heavy atom. The topological polar surface area (TPSA) is 24.9 Å². The highest BCUT2D eigenvalue weighted by Crippen LogP contribution is 2.44. The van der Waals surface area contributed by atoms with Gasteiger partial charge in [0.1, 0.15) is 0 Å². The van der Waals surface area contributed by atoms with Gasteiger partial charge in [-0.25, -0.2) is 0 Å². The molecule has 1 N–H and O–H groups in total. The van der Waals surface area contributed by atoms with E-state index in [0.29, 0.717) is 11.8 Å². The lowest BCUT2D eigenvalue weighted by atomic mass is 9.76. The molecule has 2 aliphatic rings. The summed E-state index contributed by atoms with van der Waals surface area (Å²) in [6, 6.07) is 7.03. The molecular weight excluding hydrogens is 475 g/mol. The Hall–Kier alpha value is -0.460. The van der Waals surface area contributed by atoms with Gasteiger partial charge in [0.25, 0.3) is 0 Å². The Bertz CT molecular complexity index is 768. The second-order valence-electron chi connectivity index (χ2n) is 7.08. The van der Waals surface area contributed by atoms with Gasteiger partial charge in [0.05, 0.1) is 5.69 Å². The molecule has 24 heavy (non-hydrogen) atoms. The van der Waals surface area contributed by atoms with Crippen LogP contribution in [0.4, 0.5) is 0 Å². The molecule has 0 radical (unpaired) electrons. The van der Waals surface area contributed by atoms with Gasteiger partial charge in [-0.1, -0.05) is 22.0 Å². The molecule has 126 valence electrons. The number of benzene rings is 1. The minimum absolute atomic E-state index is 0.423. The SMILES string of the molecule is Cc1cc(Br)c2c(c1)CCc1cc(I)cnc1[C@@H]2C1CCNCC1. The normalized spacial score (nSPS) is 21.0. The number of piperidine rings is 1. The summed E-state index contributed by atoms with van der Waals surface area (Å²) in [7, 11) is 0. The fourth-order valence-electron chi connectivity index (χ4n) is 4.40. The fourth-order valence-corrected chi connectivity index (χ4v) is 5.77. The molecule has 1 aliphatic heterocycles. The predicted molar refractivity (Wildman–Crippen MR) is 111 cm³/mol. The molecular formula is C20H22BrIN2. The van der Waals surface area contributed by atoms with Crippen LogP contribution in [0.3, 0.4) is 0 Å². The summed E-state index contributed by atoms with van der Waals surface area (Å²) in [4.78, 5) is 4.95. The van der Waals surface area contributed by atoms with Gasteiger partial charge in [-0.05, 0) is 109 Å². The standard InChI is InChI=1S/C20H22BrIN2/c1-12-8-14-2-3-15-10-16(22)11-24-20(15)19(18(14)17(21)9-12)13-4-6-23-7-5-13/h8-11,13,19,23H,2-7H2,1H3/t19-/m1/s1. The zero-order valence-corrected chi connectivity index (χ0v) is 17.7. The minimum Gasteiger partial charge on any atom is -0.317 e. The molecule has 0 spiro atoms. The van der Waals surface area contributed by atoms with E-state index in [4.69, 9.17) is 4.98 Å². The van der Waals surface area contributed by atoms with E-state index >= 15 is 0 Å². The number of nitrogens with one attached hydrogen (secondary N) is 1. The zero-order valence-electron chi connectivity index (χ0n) is 13.9.